The SMILES string of the molecule is COc1cccc(CNC(=O)c2ccc3c(c2)S(=O)(=O)N(Cc2ccc(C(=O)OC(C)(C)C)cc2)C(=O)N3C)c1. The van der Waals surface area contributed by atoms with Gasteiger partial charge in [0.25, 0.3) is 15.9 Å². The maximum absolute atomic E-state index is 13.6. The second kappa shape index (κ2) is 11.0. The first-order chi connectivity index (χ1) is 18.8. The number of hydrogen-bond donors (Lipinski definition) is 1. The summed E-state index contributed by atoms with van der Waals surface area (Å²) in [6.45, 7) is 5.23. The molecule has 0 aromatic heterocycles. The van der Waals surface area contributed by atoms with Crippen LogP contribution in [-0.2, 0) is 27.8 Å². The van der Waals surface area contributed by atoms with E-state index in [1.165, 1.54) is 42.3 Å². The molecule has 0 saturated heterocycles. The smallest absolute Gasteiger partial charge is 0.338 e. The first kappa shape index (κ1) is 28.6. The summed E-state index contributed by atoms with van der Waals surface area (Å²) in [7, 11) is -1.27. The van der Waals surface area contributed by atoms with Crippen molar-refractivity contribution in [1.82, 2.24) is 9.62 Å². The van der Waals surface area contributed by atoms with Crippen molar-refractivity contribution < 1.29 is 32.3 Å². The van der Waals surface area contributed by atoms with E-state index in [1.807, 2.05) is 6.07 Å². The summed E-state index contributed by atoms with van der Waals surface area (Å²) in [4.78, 5) is 39.4. The Kier molecular flexibility index (Phi) is 7.88. The number of fused-ring (bicyclic) bond motifs is 1. The largest absolute Gasteiger partial charge is 0.497 e. The molecule has 3 aromatic rings. The lowest BCUT2D eigenvalue weighted by atomic mass is 10.1. The molecule has 0 bridgehead atoms. The first-order valence-electron chi connectivity index (χ1n) is 12.5. The fourth-order valence-corrected chi connectivity index (χ4v) is 5.73. The monoisotopic (exact) mass is 565 g/mol. The van der Waals surface area contributed by atoms with Gasteiger partial charge in [-0.2, -0.15) is 0 Å². The third kappa shape index (κ3) is 6.09. The van der Waals surface area contributed by atoms with Crippen LogP contribution in [0.15, 0.2) is 71.6 Å². The van der Waals surface area contributed by atoms with Crippen molar-refractivity contribution in [2.24, 2.45) is 0 Å². The summed E-state index contributed by atoms with van der Waals surface area (Å²) in [5, 5.41) is 2.78. The van der Waals surface area contributed by atoms with Gasteiger partial charge in [-0.3, -0.25) is 9.69 Å². The predicted molar refractivity (Wildman–Crippen MR) is 149 cm³/mol. The predicted octanol–water partition coefficient (Wildman–Crippen LogP) is 4.34. The lowest BCUT2D eigenvalue weighted by molar-refractivity contribution is 0.00693. The highest BCUT2D eigenvalue weighted by Gasteiger charge is 2.40. The van der Waals surface area contributed by atoms with E-state index in [-0.39, 0.29) is 29.2 Å². The van der Waals surface area contributed by atoms with E-state index in [2.05, 4.69) is 5.32 Å². The second-order valence-electron chi connectivity index (χ2n) is 10.3. The molecule has 0 radical (unpaired) electrons. The van der Waals surface area contributed by atoms with Gasteiger partial charge in [-0.15, -0.1) is 0 Å². The van der Waals surface area contributed by atoms with E-state index in [1.54, 1.807) is 58.2 Å². The number of urea groups is 1. The number of amides is 3. The molecule has 0 aliphatic carbocycles. The Hall–Kier alpha value is -4.38. The molecule has 0 unspecified atom stereocenters. The third-order valence-electron chi connectivity index (χ3n) is 6.15. The number of ether oxygens (including phenoxy) is 2. The molecule has 0 atom stereocenters. The van der Waals surface area contributed by atoms with Gasteiger partial charge >= 0.3 is 12.0 Å². The number of hydrogen-bond acceptors (Lipinski definition) is 7. The number of nitrogens with zero attached hydrogens (tertiary/aromatic N) is 2. The number of nitrogens with one attached hydrogen (secondary N) is 1. The highest BCUT2D eigenvalue weighted by atomic mass is 32.2. The van der Waals surface area contributed by atoms with Crippen LogP contribution < -0.4 is 15.0 Å². The minimum atomic E-state index is -4.29. The molecule has 3 aromatic carbocycles. The van der Waals surface area contributed by atoms with Crippen LogP contribution in [-0.4, -0.2) is 50.4 Å². The van der Waals surface area contributed by atoms with Crippen molar-refractivity contribution >= 4 is 33.6 Å². The van der Waals surface area contributed by atoms with E-state index in [4.69, 9.17) is 9.47 Å². The summed E-state index contributed by atoms with van der Waals surface area (Å²) < 4.78 is 38.5. The minimum Gasteiger partial charge on any atom is -0.497 e. The zero-order valence-corrected chi connectivity index (χ0v) is 23.7. The first-order valence-corrected chi connectivity index (χ1v) is 13.9. The number of benzene rings is 3. The maximum atomic E-state index is 13.6. The summed E-state index contributed by atoms with van der Waals surface area (Å²) in [5.41, 5.74) is 1.26. The number of sulfonamides is 1. The Morgan fingerprint density at radius 3 is 2.25 bits per heavy atom. The number of carbonyl (C=O) groups excluding carboxylic acids is 3. The van der Waals surface area contributed by atoms with Gasteiger partial charge in [0.05, 0.1) is 24.9 Å². The molecule has 0 spiro atoms. The summed E-state index contributed by atoms with van der Waals surface area (Å²) in [5.74, 6) is -0.324. The average Bonchev–Trinajstić information content (AvgIpc) is 2.92. The van der Waals surface area contributed by atoms with Crippen molar-refractivity contribution in [2.75, 3.05) is 19.1 Å². The molecule has 1 heterocycles. The Labute approximate surface area is 233 Å². The van der Waals surface area contributed by atoms with Gasteiger partial charge in [-0.05, 0) is 74.4 Å². The fourth-order valence-electron chi connectivity index (χ4n) is 4.10. The molecule has 1 N–H and O–H groups in total. The molecule has 1 aliphatic rings. The van der Waals surface area contributed by atoms with Crippen LogP contribution in [0.2, 0.25) is 0 Å². The Bertz CT molecular complexity index is 1560. The van der Waals surface area contributed by atoms with Crippen LogP contribution in [0.5, 0.6) is 5.75 Å². The van der Waals surface area contributed by atoms with Crippen molar-refractivity contribution in [2.45, 2.75) is 44.4 Å². The lowest BCUT2D eigenvalue weighted by Gasteiger charge is -2.34. The molecule has 0 fully saturated rings. The number of methoxy groups -OCH3 is 1. The zero-order valence-electron chi connectivity index (χ0n) is 22.9. The molecule has 3 amide bonds. The minimum absolute atomic E-state index is 0.134. The standard InChI is InChI=1S/C29H31N3O7S/c1-29(2,3)39-27(34)21-11-9-19(10-12-21)18-32-28(35)31(4)24-14-13-22(16-25(24)40(32,36)37)26(33)30-17-20-7-6-8-23(15-20)38-5/h6-16H,17-18H2,1-5H3,(H,30,33). The fraction of sp³-hybridized carbons (Fsp3) is 0.276. The van der Waals surface area contributed by atoms with Crippen LogP contribution in [0.4, 0.5) is 10.5 Å². The van der Waals surface area contributed by atoms with Crippen molar-refractivity contribution in [3.8, 4) is 5.75 Å². The van der Waals surface area contributed by atoms with E-state index >= 15 is 0 Å². The Morgan fingerprint density at radius 1 is 0.925 bits per heavy atom. The Morgan fingerprint density at radius 2 is 1.60 bits per heavy atom. The molecule has 1 aliphatic heterocycles. The normalized spacial score (nSPS) is 14.4. The van der Waals surface area contributed by atoms with Gasteiger partial charge in [0.1, 0.15) is 16.2 Å². The van der Waals surface area contributed by atoms with Crippen LogP contribution in [0, 0.1) is 0 Å². The number of esters is 1. The molecular formula is C29H31N3O7S. The van der Waals surface area contributed by atoms with Crippen LogP contribution in [0.3, 0.4) is 0 Å². The molecule has 11 heteroatoms. The quantitative estimate of drug-likeness (QED) is 0.423. The highest BCUT2D eigenvalue weighted by Crippen LogP contribution is 2.35. The third-order valence-corrected chi connectivity index (χ3v) is 7.90. The van der Waals surface area contributed by atoms with Gasteiger partial charge in [0.2, 0.25) is 0 Å². The van der Waals surface area contributed by atoms with Gasteiger partial charge in [-0.1, -0.05) is 24.3 Å². The Balaban J connectivity index is 1.55. The molecule has 4 rings (SSSR count). The van der Waals surface area contributed by atoms with E-state index in [0.29, 0.717) is 16.9 Å². The van der Waals surface area contributed by atoms with Crippen molar-refractivity contribution in [3.05, 3.63) is 89.0 Å². The number of anilines is 1. The zero-order chi connectivity index (χ0) is 29.2. The van der Waals surface area contributed by atoms with Crippen molar-refractivity contribution in [3.63, 3.8) is 0 Å². The molecule has 0 saturated carbocycles. The summed E-state index contributed by atoms with van der Waals surface area (Å²) in [6, 6.07) is 16.8. The van der Waals surface area contributed by atoms with Crippen LogP contribution in [0.25, 0.3) is 0 Å². The number of carbonyl (C=O) groups is 3. The maximum Gasteiger partial charge on any atom is 0.338 e. The molecule has 40 heavy (non-hydrogen) atoms. The molecule has 210 valence electrons. The average molecular weight is 566 g/mol. The van der Waals surface area contributed by atoms with Gasteiger partial charge in [0, 0.05) is 19.2 Å². The van der Waals surface area contributed by atoms with Crippen LogP contribution >= 0.6 is 0 Å². The number of rotatable bonds is 7. The second-order valence-corrected chi connectivity index (χ2v) is 12.1. The van der Waals surface area contributed by atoms with Gasteiger partial charge in [-0.25, -0.2) is 22.3 Å². The van der Waals surface area contributed by atoms with Gasteiger partial charge < -0.3 is 14.8 Å². The van der Waals surface area contributed by atoms with E-state index in [9.17, 15) is 22.8 Å². The highest BCUT2D eigenvalue weighted by molar-refractivity contribution is 7.90. The molecular weight excluding hydrogens is 534 g/mol. The van der Waals surface area contributed by atoms with Crippen molar-refractivity contribution in [1.29, 1.82) is 0 Å². The topological polar surface area (TPSA) is 122 Å². The lowest BCUT2D eigenvalue weighted by Crippen LogP contribution is -2.48. The molecule has 10 nitrogen and oxygen atoms in total. The van der Waals surface area contributed by atoms with Gasteiger partial charge in [0.15, 0.2) is 0 Å². The summed E-state index contributed by atoms with van der Waals surface area (Å²) >= 11 is 0. The van der Waals surface area contributed by atoms with E-state index in [0.717, 1.165) is 9.87 Å². The summed E-state index contributed by atoms with van der Waals surface area (Å²) in [6.07, 6.45) is 0. The van der Waals surface area contributed by atoms with E-state index < -0.39 is 33.5 Å². The van der Waals surface area contributed by atoms with Crippen LogP contribution in [0.1, 0.15) is 52.6 Å².